The number of carbonyl (C=O) groups is 1. The Balaban J connectivity index is 2.05. The quantitative estimate of drug-likeness (QED) is 0.744. The van der Waals surface area contributed by atoms with Crippen LogP contribution in [0, 0.1) is 5.82 Å². The van der Waals surface area contributed by atoms with Gasteiger partial charge in [-0.15, -0.1) is 0 Å². The van der Waals surface area contributed by atoms with Crippen LogP contribution >= 0.6 is 0 Å². The van der Waals surface area contributed by atoms with Gasteiger partial charge in [-0.05, 0) is 56.9 Å². The van der Waals surface area contributed by atoms with E-state index in [1.807, 2.05) is 4.90 Å². The van der Waals surface area contributed by atoms with Gasteiger partial charge >= 0.3 is 0 Å². The Morgan fingerprint density at radius 1 is 1.21 bits per heavy atom. The van der Waals surface area contributed by atoms with E-state index in [9.17, 15) is 9.18 Å². The van der Waals surface area contributed by atoms with Gasteiger partial charge in [0.25, 0.3) is 0 Å². The first-order valence-electron chi connectivity index (χ1n) is 6.84. The van der Waals surface area contributed by atoms with Crippen molar-refractivity contribution >= 4 is 12.0 Å². The van der Waals surface area contributed by atoms with E-state index in [0.29, 0.717) is 12.1 Å². The van der Waals surface area contributed by atoms with Gasteiger partial charge in [0.2, 0.25) is 5.91 Å². The van der Waals surface area contributed by atoms with Crippen molar-refractivity contribution in [3.63, 3.8) is 0 Å². The lowest BCUT2D eigenvalue weighted by Gasteiger charge is -2.38. The Labute approximate surface area is 113 Å². The molecule has 0 radical (unpaired) electrons. The maximum absolute atomic E-state index is 12.8. The molecule has 1 fully saturated rings. The summed E-state index contributed by atoms with van der Waals surface area (Å²) in [6.07, 6.45) is 6.66. The van der Waals surface area contributed by atoms with Crippen molar-refractivity contribution in [3.8, 4) is 0 Å². The van der Waals surface area contributed by atoms with Gasteiger partial charge in [-0.25, -0.2) is 4.39 Å². The van der Waals surface area contributed by atoms with Crippen LogP contribution in [-0.2, 0) is 4.79 Å². The summed E-state index contributed by atoms with van der Waals surface area (Å²) in [5.41, 5.74) is 0.840. The molecule has 0 spiro atoms. The zero-order chi connectivity index (χ0) is 13.8. The highest BCUT2D eigenvalue weighted by molar-refractivity contribution is 5.92. The molecule has 1 aliphatic rings. The SMILES string of the molecule is C[C@@H]1CCC[C@@H](C)N1C(=O)/C=C/c1ccc(F)cc1. The first-order valence-corrected chi connectivity index (χ1v) is 6.84. The van der Waals surface area contributed by atoms with Gasteiger partial charge < -0.3 is 4.90 Å². The van der Waals surface area contributed by atoms with E-state index in [-0.39, 0.29) is 11.7 Å². The molecule has 19 heavy (non-hydrogen) atoms. The highest BCUT2D eigenvalue weighted by Gasteiger charge is 2.27. The van der Waals surface area contributed by atoms with Gasteiger partial charge in [0.15, 0.2) is 0 Å². The van der Waals surface area contributed by atoms with Crippen LogP contribution in [-0.4, -0.2) is 22.9 Å². The summed E-state index contributed by atoms with van der Waals surface area (Å²) in [5.74, 6) is -0.217. The molecule has 1 heterocycles. The van der Waals surface area contributed by atoms with Gasteiger partial charge in [0, 0.05) is 18.2 Å². The Morgan fingerprint density at radius 3 is 2.37 bits per heavy atom. The Bertz CT molecular complexity index is 456. The smallest absolute Gasteiger partial charge is 0.247 e. The van der Waals surface area contributed by atoms with E-state index in [2.05, 4.69) is 13.8 Å². The normalized spacial score (nSPS) is 23.8. The standard InChI is InChI=1S/C16H20FNO/c1-12-4-3-5-13(2)18(12)16(19)11-8-14-6-9-15(17)10-7-14/h6-13H,3-5H2,1-2H3/b11-8+/t12-,13-/m1/s1. The second-order valence-electron chi connectivity index (χ2n) is 5.26. The molecular weight excluding hydrogens is 241 g/mol. The minimum atomic E-state index is -0.262. The molecule has 2 rings (SSSR count). The number of carbonyl (C=O) groups excluding carboxylic acids is 1. The van der Waals surface area contributed by atoms with E-state index in [4.69, 9.17) is 0 Å². The van der Waals surface area contributed by atoms with Crippen molar-refractivity contribution in [2.45, 2.75) is 45.2 Å². The van der Waals surface area contributed by atoms with Gasteiger partial charge in [-0.3, -0.25) is 4.79 Å². The summed E-state index contributed by atoms with van der Waals surface area (Å²) >= 11 is 0. The molecule has 102 valence electrons. The lowest BCUT2D eigenvalue weighted by molar-refractivity contribution is -0.131. The van der Waals surface area contributed by atoms with Crippen LogP contribution in [0.5, 0.6) is 0 Å². The van der Waals surface area contributed by atoms with Crippen LogP contribution in [0.3, 0.4) is 0 Å². The van der Waals surface area contributed by atoms with Crippen LogP contribution in [0.15, 0.2) is 30.3 Å². The van der Waals surface area contributed by atoms with Crippen molar-refractivity contribution in [2.24, 2.45) is 0 Å². The predicted molar refractivity (Wildman–Crippen MR) is 75.1 cm³/mol. The molecule has 2 nitrogen and oxygen atoms in total. The fourth-order valence-electron chi connectivity index (χ4n) is 2.68. The first-order chi connectivity index (χ1) is 9.08. The van der Waals surface area contributed by atoms with Gasteiger partial charge in [-0.2, -0.15) is 0 Å². The largest absolute Gasteiger partial charge is 0.334 e. The van der Waals surface area contributed by atoms with Crippen molar-refractivity contribution in [1.29, 1.82) is 0 Å². The second-order valence-corrected chi connectivity index (χ2v) is 5.26. The molecule has 0 N–H and O–H groups in total. The molecule has 2 atom stereocenters. The van der Waals surface area contributed by atoms with Crippen LogP contribution < -0.4 is 0 Å². The predicted octanol–water partition coefficient (Wildman–Crippen LogP) is 3.63. The number of nitrogens with zero attached hydrogens (tertiary/aromatic N) is 1. The van der Waals surface area contributed by atoms with Crippen LogP contribution in [0.25, 0.3) is 6.08 Å². The van der Waals surface area contributed by atoms with Crippen molar-refractivity contribution in [1.82, 2.24) is 4.90 Å². The zero-order valence-corrected chi connectivity index (χ0v) is 11.5. The second kappa shape index (κ2) is 6.00. The number of benzene rings is 1. The third-order valence-corrected chi connectivity index (χ3v) is 3.74. The number of hydrogen-bond donors (Lipinski definition) is 0. The lowest BCUT2D eigenvalue weighted by atomic mass is 9.97. The van der Waals surface area contributed by atoms with Crippen molar-refractivity contribution in [3.05, 3.63) is 41.7 Å². The van der Waals surface area contributed by atoms with Crippen molar-refractivity contribution < 1.29 is 9.18 Å². The van der Waals surface area contributed by atoms with Gasteiger partial charge in [0.1, 0.15) is 5.82 Å². The molecule has 0 unspecified atom stereocenters. The number of rotatable bonds is 2. The van der Waals surface area contributed by atoms with E-state index < -0.39 is 0 Å². The summed E-state index contributed by atoms with van der Waals surface area (Å²) in [4.78, 5) is 14.2. The molecule has 3 heteroatoms. The highest BCUT2D eigenvalue weighted by atomic mass is 19.1. The minimum Gasteiger partial charge on any atom is -0.334 e. The molecule has 1 saturated heterocycles. The van der Waals surface area contributed by atoms with E-state index in [1.54, 1.807) is 24.3 Å². The summed E-state index contributed by atoms with van der Waals surface area (Å²) in [7, 11) is 0. The Kier molecular flexibility index (Phi) is 4.35. The molecule has 1 aromatic rings. The van der Waals surface area contributed by atoms with Crippen LogP contribution in [0.2, 0.25) is 0 Å². The average molecular weight is 261 g/mol. The molecule has 0 aromatic heterocycles. The molecule has 0 bridgehead atoms. The van der Waals surface area contributed by atoms with Crippen molar-refractivity contribution in [2.75, 3.05) is 0 Å². The van der Waals surface area contributed by atoms with E-state index in [0.717, 1.165) is 18.4 Å². The number of halogens is 1. The van der Waals surface area contributed by atoms with E-state index in [1.165, 1.54) is 18.6 Å². The lowest BCUT2D eigenvalue weighted by Crippen LogP contribution is -2.46. The number of likely N-dealkylation sites (tertiary alicyclic amines) is 1. The summed E-state index contributed by atoms with van der Waals surface area (Å²) in [5, 5.41) is 0. The van der Waals surface area contributed by atoms with Crippen LogP contribution in [0.4, 0.5) is 4.39 Å². The van der Waals surface area contributed by atoms with Gasteiger partial charge in [-0.1, -0.05) is 12.1 Å². The maximum Gasteiger partial charge on any atom is 0.247 e. The third-order valence-electron chi connectivity index (χ3n) is 3.74. The fraction of sp³-hybridized carbons (Fsp3) is 0.438. The molecule has 0 aliphatic carbocycles. The fourth-order valence-corrected chi connectivity index (χ4v) is 2.68. The van der Waals surface area contributed by atoms with E-state index >= 15 is 0 Å². The average Bonchev–Trinajstić information content (AvgIpc) is 2.38. The monoisotopic (exact) mass is 261 g/mol. The molecular formula is C16H20FNO. The molecule has 1 aromatic carbocycles. The Morgan fingerprint density at radius 2 is 1.79 bits per heavy atom. The minimum absolute atomic E-state index is 0.0454. The molecule has 0 saturated carbocycles. The summed E-state index contributed by atoms with van der Waals surface area (Å²) in [6.45, 7) is 4.19. The zero-order valence-electron chi connectivity index (χ0n) is 11.5. The summed E-state index contributed by atoms with van der Waals surface area (Å²) in [6, 6.07) is 6.74. The highest BCUT2D eigenvalue weighted by Crippen LogP contribution is 2.22. The molecule has 1 amide bonds. The molecule has 1 aliphatic heterocycles. The topological polar surface area (TPSA) is 20.3 Å². The Hall–Kier alpha value is -1.64. The maximum atomic E-state index is 12.8. The third kappa shape index (κ3) is 3.43. The van der Waals surface area contributed by atoms with Gasteiger partial charge in [0.05, 0.1) is 0 Å². The number of hydrogen-bond acceptors (Lipinski definition) is 1. The number of amides is 1. The summed E-state index contributed by atoms with van der Waals surface area (Å²) < 4.78 is 12.8. The first kappa shape index (κ1) is 13.8. The number of piperidine rings is 1. The van der Waals surface area contributed by atoms with Crippen LogP contribution in [0.1, 0.15) is 38.7 Å².